The number of halogens is 1. The average Bonchev–Trinajstić information content (AvgIpc) is 3.28. The number of likely N-dealkylation sites (N-methyl/N-ethyl adjacent to an activating group) is 1. The highest BCUT2D eigenvalue weighted by Crippen LogP contribution is 2.26. The van der Waals surface area contributed by atoms with Gasteiger partial charge in [-0.15, -0.1) is 0 Å². The van der Waals surface area contributed by atoms with Gasteiger partial charge in [-0.1, -0.05) is 18.2 Å². The molecule has 1 atom stereocenters. The van der Waals surface area contributed by atoms with Gasteiger partial charge < -0.3 is 14.1 Å². The van der Waals surface area contributed by atoms with Crippen LogP contribution in [-0.2, 0) is 20.9 Å². The molecular weight excluding hydrogens is 414 g/mol. The van der Waals surface area contributed by atoms with Gasteiger partial charge in [-0.05, 0) is 47.1 Å². The lowest BCUT2D eigenvalue weighted by Crippen LogP contribution is -2.43. The molecule has 3 rings (SSSR count). The fourth-order valence-corrected chi connectivity index (χ4v) is 3.20. The van der Waals surface area contributed by atoms with Gasteiger partial charge >= 0.3 is 5.97 Å². The minimum atomic E-state index is -0.616. The van der Waals surface area contributed by atoms with E-state index in [1.54, 1.807) is 36.0 Å². The monoisotopic (exact) mass is 433 g/mol. The SMILES string of the molecule is CCOC(=O)C1=NN(c2ccccc2)C(C(=O)N(C)Cc2ccc(Br)o2)C1. The van der Waals surface area contributed by atoms with Gasteiger partial charge in [0.1, 0.15) is 17.5 Å². The Kier molecular flexibility index (Phi) is 5.95. The number of rotatable bonds is 6. The maximum Gasteiger partial charge on any atom is 0.354 e. The van der Waals surface area contributed by atoms with Crippen molar-refractivity contribution in [1.82, 2.24) is 4.90 Å². The van der Waals surface area contributed by atoms with Crippen LogP contribution in [0.5, 0.6) is 0 Å². The zero-order valence-corrected chi connectivity index (χ0v) is 16.7. The van der Waals surface area contributed by atoms with E-state index < -0.39 is 12.0 Å². The molecule has 8 heteroatoms. The number of hydrogen-bond donors (Lipinski definition) is 0. The second-order valence-electron chi connectivity index (χ2n) is 6.07. The molecule has 7 nitrogen and oxygen atoms in total. The van der Waals surface area contributed by atoms with Crippen molar-refractivity contribution in [2.75, 3.05) is 18.7 Å². The van der Waals surface area contributed by atoms with E-state index in [4.69, 9.17) is 9.15 Å². The van der Waals surface area contributed by atoms with Gasteiger partial charge in [0.15, 0.2) is 4.67 Å². The molecule has 0 spiro atoms. The average molecular weight is 434 g/mol. The van der Waals surface area contributed by atoms with Crippen LogP contribution < -0.4 is 5.01 Å². The van der Waals surface area contributed by atoms with Crippen LogP contribution in [0, 0.1) is 0 Å². The molecule has 0 radical (unpaired) electrons. The minimum Gasteiger partial charge on any atom is -0.461 e. The summed E-state index contributed by atoms with van der Waals surface area (Å²) < 4.78 is 11.1. The molecule has 1 amide bonds. The Labute approximate surface area is 165 Å². The highest BCUT2D eigenvalue weighted by molar-refractivity contribution is 9.10. The number of para-hydroxylation sites is 1. The van der Waals surface area contributed by atoms with Crippen molar-refractivity contribution in [2.45, 2.75) is 25.9 Å². The normalized spacial score (nSPS) is 16.2. The van der Waals surface area contributed by atoms with Crippen LogP contribution in [0.4, 0.5) is 5.69 Å². The number of ether oxygens (including phenoxy) is 1. The summed E-state index contributed by atoms with van der Waals surface area (Å²) in [5, 5.41) is 5.96. The zero-order valence-electron chi connectivity index (χ0n) is 15.1. The zero-order chi connectivity index (χ0) is 19.4. The van der Waals surface area contributed by atoms with Crippen molar-refractivity contribution in [2.24, 2.45) is 5.10 Å². The van der Waals surface area contributed by atoms with Crippen molar-refractivity contribution in [3.05, 3.63) is 52.9 Å². The highest BCUT2D eigenvalue weighted by atomic mass is 79.9. The number of hydrazone groups is 1. The van der Waals surface area contributed by atoms with Gasteiger partial charge in [-0.3, -0.25) is 9.80 Å². The predicted molar refractivity (Wildman–Crippen MR) is 104 cm³/mol. The Morgan fingerprint density at radius 3 is 2.67 bits per heavy atom. The number of esters is 1. The molecule has 0 aliphatic carbocycles. The molecule has 142 valence electrons. The maximum atomic E-state index is 13.1. The first kappa shape index (κ1) is 19.2. The number of nitrogens with zero attached hydrogens (tertiary/aromatic N) is 3. The third-order valence-electron chi connectivity index (χ3n) is 4.13. The second-order valence-corrected chi connectivity index (χ2v) is 6.85. The van der Waals surface area contributed by atoms with Crippen LogP contribution in [0.1, 0.15) is 19.1 Å². The summed E-state index contributed by atoms with van der Waals surface area (Å²) in [6, 6.07) is 12.3. The highest BCUT2D eigenvalue weighted by Gasteiger charge is 2.38. The van der Waals surface area contributed by atoms with Crippen molar-refractivity contribution in [3.8, 4) is 0 Å². The summed E-state index contributed by atoms with van der Waals surface area (Å²) in [6.45, 7) is 2.31. The molecule has 0 fully saturated rings. The first-order valence-electron chi connectivity index (χ1n) is 8.57. The van der Waals surface area contributed by atoms with Crippen LogP contribution in [0.2, 0.25) is 0 Å². The fourth-order valence-electron chi connectivity index (χ4n) is 2.86. The first-order chi connectivity index (χ1) is 13.0. The van der Waals surface area contributed by atoms with Crippen LogP contribution in [0.25, 0.3) is 0 Å². The summed E-state index contributed by atoms with van der Waals surface area (Å²) >= 11 is 3.26. The van der Waals surface area contributed by atoms with E-state index in [2.05, 4.69) is 21.0 Å². The smallest absolute Gasteiger partial charge is 0.354 e. The molecule has 1 aliphatic rings. The molecule has 27 heavy (non-hydrogen) atoms. The second kappa shape index (κ2) is 8.39. The molecule has 2 aromatic rings. The van der Waals surface area contributed by atoms with E-state index in [1.165, 1.54) is 0 Å². The molecular formula is C19H20BrN3O4. The van der Waals surface area contributed by atoms with Crippen LogP contribution >= 0.6 is 15.9 Å². The van der Waals surface area contributed by atoms with E-state index in [0.29, 0.717) is 17.0 Å². The van der Waals surface area contributed by atoms with E-state index >= 15 is 0 Å². The molecule has 0 saturated carbocycles. The molecule has 1 aromatic heterocycles. The summed E-state index contributed by atoms with van der Waals surface area (Å²) in [5.41, 5.74) is 0.984. The standard InChI is InChI=1S/C19H20BrN3O4/c1-3-26-19(25)15-11-16(23(21-15)13-7-5-4-6-8-13)18(24)22(2)12-14-9-10-17(20)27-14/h4-10,16H,3,11-12H2,1-2H3. The number of benzene rings is 1. The summed E-state index contributed by atoms with van der Waals surface area (Å²) in [4.78, 5) is 26.8. The Bertz CT molecular complexity index is 850. The number of hydrogen-bond acceptors (Lipinski definition) is 6. The first-order valence-corrected chi connectivity index (χ1v) is 9.37. The third-order valence-corrected chi connectivity index (χ3v) is 4.55. The van der Waals surface area contributed by atoms with Gasteiger partial charge in [0, 0.05) is 13.5 Å². The largest absolute Gasteiger partial charge is 0.461 e. The number of carbonyl (C=O) groups is 2. The Morgan fingerprint density at radius 2 is 2.04 bits per heavy atom. The number of carbonyl (C=O) groups excluding carboxylic acids is 2. The summed E-state index contributed by atoms with van der Waals surface area (Å²) in [7, 11) is 1.70. The summed E-state index contributed by atoms with van der Waals surface area (Å²) in [5.74, 6) is 0.00860. The molecule has 1 unspecified atom stereocenters. The Balaban J connectivity index is 1.81. The number of amides is 1. The lowest BCUT2D eigenvalue weighted by atomic mass is 10.1. The van der Waals surface area contributed by atoms with Gasteiger partial charge in [0.25, 0.3) is 0 Å². The predicted octanol–water partition coefficient (Wildman–Crippen LogP) is 3.20. The van der Waals surface area contributed by atoms with Gasteiger partial charge in [0.2, 0.25) is 5.91 Å². The molecule has 2 heterocycles. The van der Waals surface area contributed by atoms with Crippen molar-refractivity contribution < 1.29 is 18.7 Å². The molecule has 0 N–H and O–H groups in total. The van der Waals surface area contributed by atoms with Gasteiger partial charge in [-0.2, -0.15) is 5.10 Å². The molecule has 1 aliphatic heterocycles. The molecule has 0 saturated heterocycles. The quantitative estimate of drug-likeness (QED) is 0.653. The van der Waals surface area contributed by atoms with Gasteiger partial charge in [0.05, 0.1) is 18.8 Å². The van der Waals surface area contributed by atoms with Crippen LogP contribution in [-0.4, -0.2) is 42.2 Å². The van der Waals surface area contributed by atoms with E-state index in [-0.39, 0.29) is 24.6 Å². The summed E-state index contributed by atoms with van der Waals surface area (Å²) in [6.07, 6.45) is 0.193. The van der Waals surface area contributed by atoms with E-state index in [1.807, 2.05) is 30.3 Å². The van der Waals surface area contributed by atoms with Gasteiger partial charge in [-0.25, -0.2) is 4.79 Å². The topological polar surface area (TPSA) is 75.3 Å². The third kappa shape index (κ3) is 4.39. The molecule has 1 aromatic carbocycles. The Hall–Kier alpha value is -2.61. The lowest BCUT2D eigenvalue weighted by molar-refractivity contribution is -0.135. The van der Waals surface area contributed by atoms with Crippen molar-refractivity contribution in [1.29, 1.82) is 0 Å². The Morgan fingerprint density at radius 1 is 1.30 bits per heavy atom. The van der Waals surface area contributed by atoms with Crippen LogP contribution in [0.15, 0.2) is 56.7 Å². The van der Waals surface area contributed by atoms with Crippen molar-refractivity contribution >= 4 is 39.2 Å². The van der Waals surface area contributed by atoms with Crippen molar-refractivity contribution in [3.63, 3.8) is 0 Å². The minimum absolute atomic E-state index is 0.158. The lowest BCUT2D eigenvalue weighted by Gasteiger charge is -2.26. The molecule has 0 bridgehead atoms. The number of furan rings is 1. The van der Waals surface area contributed by atoms with E-state index in [9.17, 15) is 9.59 Å². The van der Waals surface area contributed by atoms with E-state index in [0.717, 1.165) is 5.69 Å². The van der Waals surface area contributed by atoms with Crippen LogP contribution in [0.3, 0.4) is 0 Å². The fraction of sp³-hybridized carbons (Fsp3) is 0.316. The number of anilines is 1. The maximum absolute atomic E-state index is 13.1.